The highest BCUT2D eigenvalue weighted by molar-refractivity contribution is 9.10. The summed E-state index contributed by atoms with van der Waals surface area (Å²) in [5, 5.41) is 6.22. The summed E-state index contributed by atoms with van der Waals surface area (Å²) in [5.41, 5.74) is 1.13. The Balaban J connectivity index is 2.00. The van der Waals surface area contributed by atoms with Gasteiger partial charge >= 0.3 is 0 Å². The van der Waals surface area contributed by atoms with Crippen LogP contribution in [0.15, 0.2) is 22.7 Å². The summed E-state index contributed by atoms with van der Waals surface area (Å²) in [4.78, 5) is 11.7. The first-order valence-electron chi connectivity index (χ1n) is 7.13. The number of benzene rings is 1. The van der Waals surface area contributed by atoms with Crippen molar-refractivity contribution < 1.29 is 9.53 Å². The second kappa shape index (κ2) is 7.64. The van der Waals surface area contributed by atoms with E-state index in [1.165, 1.54) is 0 Å². The molecule has 1 heterocycles. The minimum Gasteiger partial charge on any atom is -0.493 e. The van der Waals surface area contributed by atoms with Crippen molar-refractivity contribution in [3.8, 4) is 5.75 Å². The molecule has 0 aromatic heterocycles. The molecule has 1 aromatic rings. The SMILES string of the molecule is CCCNC(=O)CNC1CCCOc2cc(Br)ccc21. The smallest absolute Gasteiger partial charge is 0.233 e. The summed E-state index contributed by atoms with van der Waals surface area (Å²) < 4.78 is 6.77. The van der Waals surface area contributed by atoms with Gasteiger partial charge in [0.2, 0.25) is 5.91 Å². The van der Waals surface area contributed by atoms with Gasteiger partial charge in [-0.1, -0.05) is 28.9 Å². The Labute approximate surface area is 128 Å². The number of rotatable bonds is 5. The third-order valence-corrected chi connectivity index (χ3v) is 3.82. The normalized spacial score (nSPS) is 17.8. The predicted molar refractivity (Wildman–Crippen MR) is 82.9 cm³/mol. The van der Waals surface area contributed by atoms with Gasteiger partial charge in [0.05, 0.1) is 13.2 Å². The zero-order valence-electron chi connectivity index (χ0n) is 11.7. The molecule has 20 heavy (non-hydrogen) atoms. The first kappa shape index (κ1) is 15.3. The minimum atomic E-state index is 0.0516. The lowest BCUT2D eigenvalue weighted by Crippen LogP contribution is -2.36. The van der Waals surface area contributed by atoms with E-state index in [1.807, 2.05) is 19.1 Å². The molecule has 0 aliphatic carbocycles. The number of halogens is 1. The van der Waals surface area contributed by atoms with Crippen molar-refractivity contribution in [2.24, 2.45) is 0 Å². The van der Waals surface area contributed by atoms with Crippen LogP contribution in [0.3, 0.4) is 0 Å². The van der Waals surface area contributed by atoms with E-state index < -0.39 is 0 Å². The largest absolute Gasteiger partial charge is 0.493 e. The zero-order chi connectivity index (χ0) is 14.4. The van der Waals surface area contributed by atoms with E-state index in [1.54, 1.807) is 0 Å². The molecule has 1 atom stereocenters. The molecule has 2 N–H and O–H groups in total. The number of amides is 1. The highest BCUT2D eigenvalue weighted by atomic mass is 79.9. The molecule has 0 saturated carbocycles. The molecule has 1 aliphatic rings. The Kier molecular flexibility index (Phi) is 5.86. The van der Waals surface area contributed by atoms with Gasteiger partial charge in [0.15, 0.2) is 0 Å². The number of ether oxygens (including phenoxy) is 1. The van der Waals surface area contributed by atoms with Crippen molar-refractivity contribution >= 4 is 21.8 Å². The molecule has 1 amide bonds. The molecular formula is C15H21BrN2O2. The van der Waals surface area contributed by atoms with Gasteiger partial charge in [0, 0.05) is 22.6 Å². The molecule has 0 radical (unpaired) electrons. The Morgan fingerprint density at radius 3 is 3.15 bits per heavy atom. The lowest BCUT2D eigenvalue weighted by atomic mass is 10.0. The van der Waals surface area contributed by atoms with Gasteiger partial charge in [-0.2, -0.15) is 0 Å². The molecule has 1 aliphatic heterocycles. The average Bonchev–Trinajstić information content (AvgIpc) is 2.64. The van der Waals surface area contributed by atoms with Gasteiger partial charge in [-0.15, -0.1) is 0 Å². The molecule has 110 valence electrons. The van der Waals surface area contributed by atoms with Crippen molar-refractivity contribution in [2.45, 2.75) is 32.2 Å². The van der Waals surface area contributed by atoms with Crippen LogP contribution in [0.4, 0.5) is 0 Å². The van der Waals surface area contributed by atoms with Crippen LogP contribution in [0.2, 0.25) is 0 Å². The van der Waals surface area contributed by atoms with Crippen LogP contribution in [-0.2, 0) is 4.79 Å². The monoisotopic (exact) mass is 340 g/mol. The molecule has 1 unspecified atom stereocenters. The fourth-order valence-electron chi connectivity index (χ4n) is 2.30. The van der Waals surface area contributed by atoms with Crippen molar-refractivity contribution in [3.63, 3.8) is 0 Å². The van der Waals surface area contributed by atoms with Gasteiger partial charge in [0.25, 0.3) is 0 Å². The standard InChI is InChI=1S/C15H21BrN2O2/c1-2-7-17-15(19)10-18-13-4-3-8-20-14-9-11(16)5-6-12(13)14/h5-6,9,13,18H,2-4,7-8,10H2,1H3,(H,17,19). The fraction of sp³-hybridized carbons (Fsp3) is 0.533. The van der Waals surface area contributed by atoms with Gasteiger partial charge < -0.3 is 15.4 Å². The van der Waals surface area contributed by atoms with Crippen LogP contribution in [0, 0.1) is 0 Å². The maximum Gasteiger partial charge on any atom is 0.233 e. The lowest BCUT2D eigenvalue weighted by Gasteiger charge is -2.18. The summed E-state index contributed by atoms with van der Waals surface area (Å²) in [6, 6.07) is 6.24. The third kappa shape index (κ3) is 4.21. The molecule has 1 aromatic carbocycles. The third-order valence-electron chi connectivity index (χ3n) is 3.33. The van der Waals surface area contributed by atoms with Crippen molar-refractivity contribution in [1.29, 1.82) is 0 Å². The zero-order valence-corrected chi connectivity index (χ0v) is 13.3. The van der Waals surface area contributed by atoms with Crippen LogP contribution in [0.25, 0.3) is 0 Å². The van der Waals surface area contributed by atoms with Gasteiger partial charge in [-0.05, 0) is 31.4 Å². The summed E-state index contributed by atoms with van der Waals surface area (Å²) in [6.45, 7) is 3.85. The number of carbonyl (C=O) groups excluding carboxylic acids is 1. The van der Waals surface area contributed by atoms with Gasteiger partial charge in [0.1, 0.15) is 5.75 Å². The van der Waals surface area contributed by atoms with E-state index in [0.29, 0.717) is 6.54 Å². The van der Waals surface area contributed by atoms with Crippen LogP contribution in [0.1, 0.15) is 37.8 Å². The van der Waals surface area contributed by atoms with Crippen molar-refractivity contribution in [3.05, 3.63) is 28.2 Å². The molecular weight excluding hydrogens is 320 g/mol. The molecule has 0 bridgehead atoms. The first-order chi connectivity index (χ1) is 9.70. The number of nitrogens with one attached hydrogen (secondary N) is 2. The predicted octanol–water partition coefficient (Wildman–Crippen LogP) is 2.78. The van der Waals surface area contributed by atoms with E-state index in [-0.39, 0.29) is 11.9 Å². The highest BCUT2D eigenvalue weighted by Gasteiger charge is 2.20. The van der Waals surface area contributed by atoms with Gasteiger partial charge in [-0.25, -0.2) is 0 Å². The van der Waals surface area contributed by atoms with Crippen molar-refractivity contribution in [1.82, 2.24) is 10.6 Å². The summed E-state index contributed by atoms with van der Waals surface area (Å²) in [7, 11) is 0. The van der Waals surface area contributed by atoms with Crippen LogP contribution < -0.4 is 15.4 Å². The maximum atomic E-state index is 11.7. The Hall–Kier alpha value is -1.07. The van der Waals surface area contributed by atoms with Crippen molar-refractivity contribution in [2.75, 3.05) is 19.7 Å². The molecule has 2 rings (SSSR count). The van der Waals surface area contributed by atoms with E-state index in [4.69, 9.17) is 4.74 Å². The lowest BCUT2D eigenvalue weighted by molar-refractivity contribution is -0.120. The van der Waals surface area contributed by atoms with Crippen LogP contribution in [-0.4, -0.2) is 25.6 Å². The summed E-state index contributed by atoms with van der Waals surface area (Å²) in [5.74, 6) is 0.957. The van der Waals surface area contributed by atoms with E-state index >= 15 is 0 Å². The van der Waals surface area contributed by atoms with E-state index in [9.17, 15) is 4.79 Å². The topological polar surface area (TPSA) is 50.4 Å². The fourth-order valence-corrected chi connectivity index (χ4v) is 2.64. The Bertz CT molecular complexity index is 465. The Morgan fingerprint density at radius 2 is 2.35 bits per heavy atom. The molecule has 5 heteroatoms. The summed E-state index contributed by atoms with van der Waals surface area (Å²) in [6.07, 6.45) is 2.93. The van der Waals surface area contributed by atoms with E-state index in [2.05, 4.69) is 32.6 Å². The number of hydrogen-bond donors (Lipinski definition) is 2. The minimum absolute atomic E-state index is 0.0516. The Morgan fingerprint density at radius 1 is 1.50 bits per heavy atom. The van der Waals surface area contributed by atoms with Crippen LogP contribution in [0.5, 0.6) is 5.75 Å². The number of carbonyl (C=O) groups is 1. The second-order valence-electron chi connectivity index (χ2n) is 4.96. The maximum absolute atomic E-state index is 11.7. The first-order valence-corrected chi connectivity index (χ1v) is 7.92. The quantitative estimate of drug-likeness (QED) is 0.866. The highest BCUT2D eigenvalue weighted by Crippen LogP contribution is 2.33. The summed E-state index contributed by atoms with van der Waals surface area (Å²) >= 11 is 3.46. The number of hydrogen-bond acceptors (Lipinski definition) is 3. The number of fused-ring (bicyclic) bond motifs is 1. The second-order valence-corrected chi connectivity index (χ2v) is 5.87. The van der Waals surface area contributed by atoms with Crippen LogP contribution >= 0.6 is 15.9 Å². The molecule has 0 saturated heterocycles. The average molecular weight is 341 g/mol. The van der Waals surface area contributed by atoms with E-state index in [0.717, 1.165) is 48.2 Å². The molecule has 0 spiro atoms. The molecule has 0 fully saturated rings. The molecule has 4 nitrogen and oxygen atoms in total. The van der Waals surface area contributed by atoms with Gasteiger partial charge in [-0.3, -0.25) is 4.79 Å².